The second kappa shape index (κ2) is 6.64. The Labute approximate surface area is 133 Å². The van der Waals surface area contributed by atoms with Gasteiger partial charge in [-0.05, 0) is 48.6 Å². The van der Waals surface area contributed by atoms with Gasteiger partial charge in [-0.3, -0.25) is 4.98 Å². The predicted molar refractivity (Wildman–Crippen MR) is 87.2 cm³/mol. The Hall–Kier alpha value is -0.990. The van der Waals surface area contributed by atoms with Crippen molar-refractivity contribution in [2.45, 2.75) is 65.7 Å². The number of pyridine rings is 1. The molecule has 0 saturated heterocycles. The van der Waals surface area contributed by atoms with E-state index in [4.69, 9.17) is 0 Å². The zero-order chi connectivity index (χ0) is 16.5. The molecule has 0 aromatic carbocycles. The molecule has 1 aromatic rings. The zero-order valence-electron chi connectivity index (χ0n) is 14.4. The van der Waals surface area contributed by atoms with Gasteiger partial charge >= 0.3 is 0 Å². The smallest absolute Gasteiger partial charge is 0.255 e. The summed E-state index contributed by atoms with van der Waals surface area (Å²) in [6.07, 6.45) is 4.59. The van der Waals surface area contributed by atoms with Crippen LogP contribution in [0.5, 0.6) is 0 Å². The largest absolute Gasteiger partial charge is 0.261 e. The van der Waals surface area contributed by atoms with E-state index in [-0.39, 0.29) is 11.8 Å². The third kappa shape index (κ3) is 3.33. The predicted octanol–water partition coefficient (Wildman–Crippen LogP) is 5.70. The molecule has 1 heterocycles. The van der Waals surface area contributed by atoms with Crippen molar-refractivity contribution in [3.8, 4) is 0 Å². The Balaban J connectivity index is 1.93. The molecule has 1 saturated carbocycles. The van der Waals surface area contributed by atoms with Crippen molar-refractivity contribution in [2.75, 3.05) is 0 Å². The first kappa shape index (κ1) is 17.4. The molecule has 0 spiro atoms. The number of halogens is 2. The molecule has 1 nitrogen and oxygen atoms in total. The maximum atomic E-state index is 13.9. The van der Waals surface area contributed by atoms with Crippen molar-refractivity contribution < 1.29 is 8.78 Å². The summed E-state index contributed by atoms with van der Waals surface area (Å²) >= 11 is 0. The highest BCUT2D eigenvalue weighted by molar-refractivity contribution is 5.22. The second-order valence-corrected chi connectivity index (χ2v) is 7.33. The number of hydrogen-bond acceptors (Lipinski definition) is 1. The molecule has 0 aliphatic heterocycles. The highest BCUT2D eigenvalue weighted by Crippen LogP contribution is 2.62. The van der Waals surface area contributed by atoms with Gasteiger partial charge in [-0.15, -0.1) is 0 Å². The van der Waals surface area contributed by atoms with E-state index in [0.717, 1.165) is 25.0 Å². The summed E-state index contributed by atoms with van der Waals surface area (Å²) in [5.41, 5.74) is 2.42. The number of rotatable bonds is 7. The van der Waals surface area contributed by atoms with Crippen LogP contribution < -0.4 is 0 Å². The number of hydrogen-bond donors (Lipinski definition) is 0. The lowest BCUT2D eigenvalue weighted by atomic mass is 9.89. The Bertz CT molecular complexity index is 498. The van der Waals surface area contributed by atoms with E-state index >= 15 is 0 Å². The summed E-state index contributed by atoms with van der Waals surface area (Å²) in [6, 6.07) is 4.09. The maximum absolute atomic E-state index is 13.9. The van der Waals surface area contributed by atoms with Gasteiger partial charge in [0.05, 0.1) is 0 Å². The summed E-state index contributed by atoms with van der Waals surface area (Å²) < 4.78 is 27.8. The second-order valence-electron chi connectivity index (χ2n) is 7.33. The van der Waals surface area contributed by atoms with Gasteiger partial charge in [-0.2, -0.15) is 0 Å². The number of alkyl halides is 2. The van der Waals surface area contributed by atoms with Gasteiger partial charge in [-0.1, -0.05) is 40.7 Å². The van der Waals surface area contributed by atoms with Crippen molar-refractivity contribution in [2.24, 2.45) is 23.7 Å². The molecule has 0 radical (unpaired) electrons. The lowest BCUT2D eigenvalue weighted by molar-refractivity contribution is 0.0683. The van der Waals surface area contributed by atoms with Crippen molar-refractivity contribution in [3.05, 3.63) is 29.6 Å². The topological polar surface area (TPSA) is 12.9 Å². The van der Waals surface area contributed by atoms with Gasteiger partial charge in [-0.25, -0.2) is 8.78 Å². The molecule has 0 amide bonds. The minimum Gasteiger partial charge on any atom is -0.261 e. The molecule has 2 rings (SSSR count). The summed E-state index contributed by atoms with van der Waals surface area (Å²) in [5.74, 6) is -2.80. The maximum Gasteiger partial charge on any atom is 0.255 e. The van der Waals surface area contributed by atoms with Gasteiger partial charge in [0.25, 0.3) is 5.92 Å². The molecule has 4 unspecified atom stereocenters. The lowest BCUT2D eigenvalue weighted by Crippen LogP contribution is -2.08. The first-order valence-electron chi connectivity index (χ1n) is 8.62. The Morgan fingerprint density at radius 3 is 2.36 bits per heavy atom. The van der Waals surface area contributed by atoms with E-state index in [2.05, 4.69) is 24.9 Å². The van der Waals surface area contributed by atoms with Crippen LogP contribution in [0.15, 0.2) is 18.3 Å². The van der Waals surface area contributed by atoms with Gasteiger partial charge in [0.15, 0.2) is 0 Å². The highest BCUT2D eigenvalue weighted by atomic mass is 19.3. The highest BCUT2D eigenvalue weighted by Gasteiger charge is 2.69. The molecule has 1 fully saturated rings. The van der Waals surface area contributed by atoms with Crippen LogP contribution in [-0.4, -0.2) is 10.9 Å². The van der Waals surface area contributed by atoms with Gasteiger partial charge in [0, 0.05) is 23.7 Å². The summed E-state index contributed by atoms with van der Waals surface area (Å²) in [4.78, 5) is 4.51. The van der Waals surface area contributed by atoms with Gasteiger partial charge in [0.2, 0.25) is 0 Å². The fourth-order valence-corrected chi connectivity index (χ4v) is 3.99. The molecule has 22 heavy (non-hydrogen) atoms. The lowest BCUT2D eigenvalue weighted by Gasteiger charge is -2.17. The van der Waals surface area contributed by atoms with Crippen molar-refractivity contribution in [1.29, 1.82) is 0 Å². The van der Waals surface area contributed by atoms with Gasteiger partial charge < -0.3 is 0 Å². The SMILES string of the molecule is CCc1cccnc1C(C)CCC(C)C1C(C(C)C)C1(F)F. The fraction of sp³-hybridized carbons (Fsp3) is 0.737. The number of nitrogens with zero attached hydrogens (tertiary/aromatic N) is 1. The summed E-state index contributed by atoms with van der Waals surface area (Å²) in [6.45, 7) is 10.1. The third-order valence-electron chi connectivity index (χ3n) is 5.33. The van der Waals surface area contributed by atoms with Crippen LogP contribution in [0.1, 0.15) is 64.6 Å². The van der Waals surface area contributed by atoms with Crippen LogP contribution in [-0.2, 0) is 6.42 Å². The molecule has 124 valence electrons. The average Bonchev–Trinajstić information content (AvgIpc) is 3.07. The Morgan fingerprint density at radius 1 is 1.14 bits per heavy atom. The molecule has 1 aromatic heterocycles. The molecule has 1 aliphatic carbocycles. The van der Waals surface area contributed by atoms with Crippen LogP contribution in [0.4, 0.5) is 8.78 Å². The Morgan fingerprint density at radius 2 is 1.82 bits per heavy atom. The van der Waals surface area contributed by atoms with Gasteiger partial charge in [0.1, 0.15) is 0 Å². The van der Waals surface area contributed by atoms with E-state index in [1.165, 1.54) is 5.56 Å². The van der Waals surface area contributed by atoms with Crippen LogP contribution >= 0.6 is 0 Å². The van der Waals surface area contributed by atoms with E-state index < -0.39 is 17.8 Å². The minimum absolute atomic E-state index is 0.0716. The van der Waals surface area contributed by atoms with Crippen LogP contribution in [0, 0.1) is 23.7 Å². The first-order valence-corrected chi connectivity index (χ1v) is 8.62. The van der Waals surface area contributed by atoms with Crippen molar-refractivity contribution in [1.82, 2.24) is 4.98 Å². The standard InChI is InChI=1S/C19H29F2N/c1-6-15-8-7-11-22-18(15)14(5)10-9-13(4)17-16(12(2)3)19(17,20)21/h7-8,11-14,16-17H,6,9-10H2,1-5H3. The van der Waals surface area contributed by atoms with E-state index in [1.807, 2.05) is 33.0 Å². The first-order chi connectivity index (χ1) is 10.3. The zero-order valence-corrected chi connectivity index (χ0v) is 14.4. The Kier molecular flexibility index (Phi) is 5.24. The average molecular weight is 309 g/mol. The number of aromatic nitrogens is 1. The quantitative estimate of drug-likeness (QED) is 0.629. The molecule has 1 aliphatic rings. The third-order valence-corrected chi connectivity index (χ3v) is 5.33. The molecule has 3 heteroatoms. The van der Waals surface area contributed by atoms with Crippen molar-refractivity contribution >= 4 is 0 Å². The number of aryl methyl sites for hydroxylation is 1. The fourth-order valence-electron chi connectivity index (χ4n) is 3.99. The van der Waals surface area contributed by atoms with Crippen LogP contribution in [0.25, 0.3) is 0 Å². The van der Waals surface area contributed by atoms with E-state index in [1.54, 1.807) is 0 Å². The monoisotopic (exact) mass is 309 g/mol. The van der Waals surface area contributed by atoms with E-state index in [0.29, 0.717) is 5.92 Å². The molecule has 0 bridgehead atoms. The summed E-state index contributed by atoms with van der Waals surface area (Å²) in [7, 11) is 0. The minimum atomic E-state index is -2.45. The summed E-state index contributed by atoms with van der Waals surface area (Å²) in [5, 5.41) is 0. The van der Waals surface area contributed by atoms with Crippen molar-refractivity contribution in [3.63, 3.8) is 0 Å². The molecular weight excluding hydrogens is 280 g/mol. The molecular formula is C19H29F2N. The van der Waals surface area contributed by atoms with Crippen LogP contribution in [0.2, 0.25) is 0 Å². The van der Waals surface area contributed by atoms with Crippen LogP contribution in [0.3, 0.4) is 0 Å². The molecule has 0 N–H and O–H groups in total. The normalized spacial score (nSPS) is 26.0. The molecule has 4 atom stereocenters. The van der Waals surface area contributed by atoms with E-state index in [9.17, 15) is 8.78 Å².